The number of likely N-dealkylation sites (tertiary alicyclic amines) is 1. The Hall–Kier alpha value is -2.17. The number of hydrogen-bond donors (Lipinski definition) is 0. The summed E-state index contributed by atoms with van der Waals surface area (Å²) in [5.74, 6) is -1.36. The maximum atomic E-state index is 12.6. The third kappa shape index (κ3) is 5.65. The second-order valence-electron chi connectivity index (χ2n) is 7.83. The molecule has 0 aromatic heterocycles. The second-order valence-corrected chi connectivity index (χ2v) is 7.83. The first-order valence-electron chi connectivity index (χ1n) is 9.93. The van der Waals surface area contributed by atoms with Gasteiger partial charge in [0.15, 0.2) is 0 Å². The molecule has 1 aliphatic rings. The summed E-state index contributed by atoms with van der Waals surface area (Å²) in [5.41, 5.74) is 0.569. The molecule has 5 heteroatoms. The molecule has 1 saturated heterocycles. The number of Topliss-reactive ketones (excluding diaryl/α,β-unsaturated/α-hetero) is 1. The Balaban J connectivity index is 1.79. The molecule has 1 amide bonds. The molecular weight excluding hydrogens is 342 g/mol. The standard InChI is InChI=1S/C22H31NO4/c1-4-22(2,3)19(24)20(25)23-15-10-14-18(23)21(26)27-16-9-8-13-17-11-6-5-7-12-17/h5-7,11-12,18H,4,8-10,13-16H2,1-3H3. The van der Waals surface area contributed by atoms with Gasteiger partial charge in [0, 0.05) is 12.0 Å². The number of ether oxygens (including phenoxy) is 1. The number of carbonyl (C=O) groups excluding carboxylic acids is 3. The zero-order valence-corrected chi connectivity index (χ0v) is 16.7. The van der Waals surface area contributed by atoms with Gasteiger partial charge in [0.2, 0.25) is 5.78 Å². The van der Waals surface area contributed by atoms with Gasteiger partial charge in [-0.05, 0) is 44.1 Å². The highest BCUT2D eigenvalue weighted by Crippen LogP contribution is 2.26. The van der Waals surface area contributed by atoms with E-state index in [1.165, 1.54) is 10.5 Å². The van der Waals surface area contributed by atoms with Gasteiger partial charge in [-0.15, -0.1) is 0 Å². The highest BCUT2D eigenvalue weighted by Gasteiger charge is 2.41. The Morgan fingerprint density at radius 3 is 2.52 bits per heavy atom. The molecule has 0 bridgehead atoms. The molecule has 27 heavy (non-hydrogen) atoms. The minimum Gasteiger partial charge on any atom is -0.464 e. The number of benzene rings is 1. The monoisotopic (exact) mass is 373 g/mol. The lowest BCUT2D eigenvalue weighted by Crippen LogP contribution is -2.48. The minimum atomic E-state index is -0.703. The summed E-state index contributed by atoms with van der Waals surface area (Å²) in [7, 11) is 0. The second kappa shape index (κ2) is 9.67. The van der Waals surface area contributed by atoms with Crippen molar-refractivity contribution in [3.05, 3.63) is 35.9 Å². The summed E-state index contributed by atoms with van der Waals surface area (Å²) in [6.07, 6.45) is 4.54. The molecule has 1 unspecified atom stereocenters. The van der Waals surface area contributed by atoms with E-state index in [9.17, 15) is 14.4 Å². The molecule has 5 nitrogen and oxygen atoms in total. The van der Waals surface area contributed by atoms with Gasteiger partial charge in [0.25, 0.3) is 5.91 Å². The van der Waals surface area contributed by atoms with Gasteiger partial charge in [-0.3, -0.25) is 9.59 Å². The highest BCUT2D eigenvalue weighted by atomic mass is 16.5. The van der Waals surface area contributed by atoms with E-state index >= 15 is 0 Å². The molecule has 0 saturated carbocycles. The Bertz CT molecular complexity index is 654. The number of aryl methyl sites for hydroxylation is 1. The number of nitrogens with zero attached hydrogens (tertiary/aromatic N) is 1. The van der Waals surface area contributed by atoms with Crippen LogP contribution in [-0.4, -0.2) is 41.8 Å². The van der Waals surface area contributed by atoms with Crippen molar-refractivity contribution in [1.82, 2.24) is 4.90 Å². The van der Waals surface area contributed by atoms with E-state index in [4.69, 9.17) is 4.74 Å². The van der Waals surface area contributed by atoms with Crippen LogP contribution >= 0.6 is 0 Å². The van der Waals surface area contributed by atoms with Crippen molar-refractivity contribution < 1.29 is 19.1 Å². The van der Waals surface area contributed by atoms with Crippen LogP contribution in [0.3, 0.4) is 0 Å². The summed E-state index contributed by atoms with van der Waals surface area (Å²) in [4.78, 5) is 38.8. The van der Waals surface area contributed by atoms with Crippen LogP contribution in [0.1, 0.15) is 58.4 Å². The molecule has 1 aliphatic heterocycles. The minimum absolute atomic E-state index is 0.346. The normalized spacial score (nSPS) is 17.0. The average molecular weight is 373 g/mol. The van der Waals surface area contributed by atoms with Gasteiger partial charge >= 0.3 is 5.97 Å². The van der Waals surface area contributed by atoms with Gasteiger partial charge in [-0.2, -0.15) is 0 Å². The van der Waals surface area contributed by atoms with E-state index in [0.29, 0.717) is 26.0 Å². The molecule has 0 spiro atoms. The van der Waals surface area contributed by atoms with Gasteiger partial charge in [-0.25, -0.2) is 4.79 Å². The van der Waals surface area contributed by atoms with E-state index in [-0.39, 0.29) is 5.97 Å². The van der Waals surface area contributed by atoms with E-state index in [2.05, 4.69) is 12.1 Å². The predicted molar refractivity (Wildman–Crippen MR) is 104 cm³/mol. The number of esters is 1. The van der Waals surface area contributed by atoms with Crippen LogP contribution in [0, 0.1) is 5.41 Å². The van der Waals surface area contributed by atoms with Crippen LogP contribution < -0.4 is 0 Å². The van der Waals surface area contributed by atoms with Crippen molar-refractivity contribution in [2.24, 2.45) is 5.41 Å². The van der Waals surface area contributed by atoms with Crippen LogP contribution in [0.25, 0.3) is 0 Å². The fraction of sp³-hybridized carbons (Fsp3) is 0.591. The first-order valence-corrected chi connectivity index (χ1v) is 9.93. The third-order valence-corrected chi connectivity index (χ3v) is 5.43. The Kier molecular flexibility index (Phi) is 7.57. The number of hydrogen-bond acceptors (Lipinski definition) is 4. The molecule has 0 N–H and O–H groups in total. The van der Waals surface area contributed by atoms with Gasteiger partial charge in [0.1, 0.15) is 6.04 Å². The summed E-state index contributed by atoms with van der Waals surface area (Å²) in [6.45, 7) is 6.21. The Labute approximate surface area is 162 Å². The molecule has 0 aliphatic carbocycles. The van der Waals surface area contributed by atoms with Crippen LogP contribution in [-0.2, 0) is 25.5 Å². The van der Waals surface area contributed by atoms with Crippen LogP contribution in [0.4, 0.5) is 0 Å². The zero-order valence-electron chi connectivity index (χ0n) is 16.7. The smallest absolute Gasteiger partial charge is 0.328 e. The van der Waals surface area contributed by atoms with E-state index in [1.54, 1.807) is 13.8 Å². The number of amides is 1. The SMILES string of the molecule is CCC(C)(C)C(=O)C(=O)N1CCCC1C(=O)OCCCCc1ccccc1. The topological polar surface area (TPSA) is 63.7 Å². The van der Waals surface area contributed by atoms with Crippen LogP contribution in [0.15, 0.2) is 30.3 Å². The fourth-order valence-corrected chi connectivity index (χ4v) is 3.18. The quantitative estimate of drug-likeness (QED) is 0.377. The number of rotatable bonds is 9. The molecule has 1 aromatic rings. The molecule has 148 valence electrons. The van der Waals surface area contributed by atoms with Crippen LogP contribution in [0.2, 0.25) is 0 Å². The Morgan fingerprint density at radius 1 is 1.15 bits per heavy atom. The zero-order chi connectivity index (χ0) is 19.9. The molecule has 0 radical (unpaired) electrons. The molecular formula is C22H31NO4. The van der Waals surface area contributed by atoms with Crippen molar-refractivity contribution in [1.29, 1.82) is 0 Å². The Morgan fingerprint density at radius 2 is 1.85 bits per heavy atom. The summed E-state index contributed by atoms with van der Waals surface area (Å²) >= 11 is 0. The highest BCUT2D eigenvalue weighted by molar-refractivity contribution is 6.38. The summed E-state index contributed by atoms with van der Waals surface area (Å²) in [6, 6.07) is 9.57. The lowest BCUT2D eigenvalue weighted by atomic mass is 9.84. The maximum absolute atomic E-state index is 12.6. The van der Waals surface area contributed by atoms with E-state index in [1.807, 2.05) is 25.1 Å². The van der Waals surface area contributed by atoms with Crippen molar-refractivity contribution >= 4 is 17.7 Å². The first kappa shape index (κ1) is 21.1. The van der Waals surface area contributed by atoms with E-state index < -0.39 is 23.1 Å². The average Bonchev–Trinajstić information content (AvgIpc) is 3.17. The third-order valence-electron chi connectivity index (χ3n) is 5.43. The number of unbranched alkanes of at least 4 members (excludes halogenated alkanes) is 1. The first-order chi connectivity index (χ1) is 12.9. The van der Waals surface area contributed by atoms with E-state index in [0.717, 1.165) is 25.7 Å². The van der Waals surface area contributed by atoms with Crippen LogP contribution in [0.5, 0.6) is 0 Å². The van der Waals surface area contributed by atoms with Crippen molar-refractivity contribution in [2.45, 2.75) is 65.3 Å². The van der Waals surface area contributed by atoms with Gasteiger partial charge in [0.05, 0.1) is 6.61 Å². The largest absolute Gasteiger partial charge is 0.464 e. The van der Waals surface area contributed by atoms with Crippen molar-refractivity contribution in [3.63, 3.8) is 0 Å². The molecule has 1 atom stereocenters. The van der Waals surface area contributed by atoms with Crippen molar-refractivity contribution in [3.8, 4) is 0 Å². The summed E-state index contributed by atoms with van der Waals surface area (Å²) in [5, 5.41) is 0. The molecule has 1 heterocycles. The lowest BCUT2D eigenvalue weighted by Gasteiger charge is -2.27. The fourth-order valence-electron chi connectivity index (χ4n) is 3.18. The van der Waals surface area contributed by atoms with Gasteiger partial charge in [-0.1, -0.05) is 51.1 Å². The van der Waals surface area contributed by atoms with Gasteiger partial charge < -0.3 is 9.64 Å². The van der Waals surface area contributed by atoms with Crippen molar-refractivity contribution in [2.75, 3.05) is 13.2 Å². The maximum Gasteiger partial charge on any atom is 0.328 e. The summed E-state index contributed by atoms with van der Waals surface area (Å²) < 4.78 is 5.39. The molecule has 2 rings (SSSR count). The predicted octanol–water partition coefficient (Wildman–Crippen LogP) is 3.55. The number of carbonyl (C=O) groups is 3. The number of ketones is 1. The lowest BCUT2D eigenvalue weighted by molar-refractivity contribution is -0.157. The molecule has 1 fully saturated rings. The molecule has 1 aromatic carbocycles.